The zero-order valence-corrected chi connectivity index (χ0v) is 10.9. The second kappa shape index (κ2) is 4.94. The molecule has 86 valence electrons. The predicted octanol–water partition coefficient (Wildman–Crippen LogP) is 2.13. The van der Waals surface area contributed by atoms with E-state index in [1.807, 2.05) is 0 Å². The van der Waals surface area contributed by atoms with Crippen LogP contribution in [-0.4, -0.2) is 25.1 Å². The number of nitrogens with two attached hydrogens (primary N) is 1. The van der Waals surface area contributed by atoms with E-state index in [1.165, 1.54) is 5.69 Å². The van der Waals surface area contributed by atoms with Gasteiger partial charge in [0.1, 0.15) is 0 Å². The standard InChI is InChI=1S/C11H21N3S/c1-5-9-6-15-10(13-9)14(4)8-11(2,3)7-12/h6H,5,7-8,12H2,1-4H3. The molecule has 0 unspecified atom stereocenters. The van der Waals surface area contributed by atoms with E-state index < -0.39 is 0 Å². The van der Waals surface area contributed by atoms with Crippen LogP contribution in [0.4, 0.5) is 5.13 Å². The van der Waals surface area contributed by atoms with E-state index in [4.69, 9.17) is 5.73 Å². The van der Waals surface area contributed by atoms with Gasteiger partial charge in [0.15, 0.2) is 5.13 Å². The minimum Gasteiger partial charge on any atom is -0.351 e. The smallest absolute Gasteiger partial charge is 0.185 e. The Morgan fingerprint density at radius 1 is 1.53 bits per heavy atom. The highest BCUT2D eigenvalue weighted by Gasteiger charge is 2.19. The lowest BCUT2D eigenvalue weighted by molar-refractivity contribution is 0.385. The summed E-state index contributed by atoms with van der Waals surface area (Å²) in [6, 6.07) is 0. The molecule has 0 amide bonds. The van der Waals surface area contributed by atoms with Crippen molar-refractivity contribution in [3.05, 3.63) is 11.1 Å². The summed E-state index contributed by atoms with van der Waals surface area (Å²) >= 11 is 1.71. The van der Waals surface area contributed by atoms with Crippen LogP contribution < -0.4 is 10.6 Å². The summed E-state index contributed by atoms with van der Waals surface area (Å²) in [4.78, 5) is 6.74. The zero-order chi connectivity index (χ0) is 11.5. The third-order valence-corrected chi connectivity index (χ3v) is 3.45. The van der Waals surface area contributed by atoms with Crippen LogP contribution in [0.25, 0.3) is 0 Å². The van der Waals surface area contributed by atoms with E-state index >= 15 is 0 Å². The third-order valence-electron chi connectivity index (χ3n) is 2.45. The van der Waals surface area contributed by atoms with Crippen LogP contribution in [0, 0.1) is 5.41 Å². The quantitative estimate of drug-likeness (QED) is 0.838. The lowest BCUT2D eigenvalue weighted by Gasteiger charge is -2.28. The second-order valence-corrected chi connectivity index (χ2v) is 5.54. The molecule has 1 aromatic rings. The van der Waals surface area contributed by atoms with Gasteiger partial charge in [0.25, 0.3) is 0 Å². The Labute approximate surface area is 96.3 Å². The van der Waals surface area contributed by atoms with E-state index in [0.717, 1.165) is 18.1 Å². The molecule has 15 heavy (non-hydrogen) atoms. The fourth-order valence-corrected chi connectivity index (χ4v) is 2.28. The second-order valence-electron chi connectivity index (χ2n) is 4.70. The summed E-state index contributed by atoms with van der Waals surface area (Å²) in [5.74, 6) is 0. The van der Waals surface area contributed by atoms with Crippen molar-refractivity contribution in [1.29, 1.82) is 0 Å². The summed E-state index contributed by atoms with van der Waals surface area (Å²) in [6.07, 6.45) is 1.00. The molecule has 0 radical (unpaired) electrons. The Balaban J connectivity index is 2.64. The first-order chi connectivity index (χ1) is 6.98. The van der Waals surface area contributed by atoms with Crippen molar-refractivity contribution in [3.63, 3.8) is 0 Å². The number of aromatic nitrogens is 1. The minimum atomic E-state index is 0.146. The Morgan fingerprint density at radius 2 is 2.20 bits per heavy atom. The maximum atomic E-state index is 5.72. The molecule has 0 bridgehead atoms. The van der Waals surface area contributed by atoms with Gasteiger partial charge in [0, 0.05) is 19.0 Å². The number of hydrogen-bond acceptors (Lipinski definition) is 4. The highest BCUT2D eigenvalue weighted by atomic mass is 32.1. The molecule has 3 nitrogen and oxygen atoms in total. The third kappa shape index (κ3) is 3.47. The van der Waals surface area contributed by atoms with Crippen LogP contribution in [0.15, 0.2) is 5.38 Å². The van der Waals surface area contributed by atoms with Gasteiger partial charge in [-0.15, -0.1) is 11.3 Å². The summed E-state index contributed by atoms with van der Waals surface area (Å²) < 4.78 is 0. The van der Waals surface area contributed by atoms with Crippen molar-refractivity contribution in [1.82, 2.24) is 4.98 Å². The summed E-state index contributed by atoms with van der Waals surface area (Å²) in [7, 11) is 2.08. The maximum absolute atomic E-state index is 5.72. The van der Waals surface area contributed by atoms with Crippen molar-refractivity contribution in [2.24, 2.45) is 11.1 Å². The van der Waals surface area contributed by atoms with Gasteiger partial charge in [-0.3, -0.25) is 0 Å². The summed E-state index contributed by atoms with van der Waals surface area (Å²) in [5.41, 5.74) is 7.04. The van der Waals surface area contributed by atoms with Gasteiger partial charge < -0.3 is 10.6 Å². The van der Waals surface area contributed by atoms with E-state index in [0.29, 0.717) is 6.54 Å². The van der Waals surface area contributed by atoms with Crippen molar-refractivity contribution in [2.45, 2.75) is 27.2 Å². The molecule has 0 fully saturated rings. The van der Waals surface area contributed by atoms with E-state index in [-0.39, 0.29) is 5.41 Å². The van der Waals surface area contributed by atoms with Gasteiger partial charge in [-0.2, -0.15) is 0 Å². The summed E-state index contributed by atoms with van der Waals surface area (Å²) in [5, 5.41) is 3.22. The van der Waals surface area contributed by atoms with Gasteiger partial charge in [0.05, 0.1) is 5.69 Å². The SMILES string of the molecule is CCc1csc(N(C)CC(C)(C)CN)n1. The number of aryl methyl sites for hydroxylation is 1. The molecule has 0 aliphatic heterocycles. The zero-order valence-electron chi connectivity index (χ0n) is 10.1. The van der Waals surface area contributed by atoms with Crippen LogP contribution >= 0.6 is 11.3 Å². The largest absolute Gasteiger partial charge is 0.351 e. The highest BCUT2D eigenvalue weighted by molar-refractivity contribution is 7.13. The Hall–Kier alpha value is -0.610. The van der Waals surface area contributed by atoms with Crippen LogP contribution in [0.2, 0.25) is 0 Å². The van der Waals surface area contributed by atoms with Crippen molar-refractivity contribution < 1.29 is 0 Å². The first kappa shape index (κ1) is 12.5. The van der Waals surface area contributed by atoms with Crippen molar-refractivity contribution in [3.8, 4) is 0 Å². The predicted molar refractivity (Wildman–Crippen MR) is 67.6 cm³/mol. The van der Waals surface area contributed by atoms with Gasteiger partial charge in [-0.25, -0.2) is 4.98 Å². The van der Waals surface area contributed by atoms with Crippen LogP contribution in [0.5, 0.6) is 0 Å². The molecule has 1 aromatic heterocycles. The lowest BCUT2D eigenvalue weighted by atomic mass is 9.93. The Bertz CT molecular complexity index is 307. The van der Waals surface area contributed by atoms with Crippen LogP contribution in [-0.2, 0) is 6.42 Å². The fourth-order valence-electron chi connectivity index (χ4n) is 1.41. The van der Waals surface area contributed by atoms with E-state index in [1.54, 1.807) is 11.3 Å². The lowest BCUT2D eigenvalue weighted by Crippen LogP contribution is -2.36. The molecule has 1 rings (SSSR count). The van der Waals surface area contributed by atoms with E-state index in [2.05, 4.69) is 43.1 Å². The monoisotopic (exact) mass is 227 g/mol. The van der Waals surface area contributed by atoms with Gasteiger partial charge in [-0.1, -0.05) is 20.8 Å². The van der Waals surface area contributed by atoms with Gasteiger partial charge >= 0.3 is 0 Å². The highest BCUT2D eigenvalue weighted by Crippen LogP contribution is 2.23. The van der Waals surface area contributed by atoms with Gasteiger partial charge in [-0.05, 0) is 18.4 Å². The normalized spacial score (nSPS) is 11.8. The average molecular weight is 227 g/mol. The molecular weight excluding hydrogens is 206 g/mol. The number of hydrogen-bond donors (Lipinski definition) is 1. The molecule has 0 atom stereocenters. The Kier molecular flexibility index (Phi) is 4.11. The molecule has 0 aliphatic carbocycles. The Morgan fingerprint density at radius 3 is 2.67 bits per heavy atom. The molecule has 0 saturated heterocycles. The van der Waals surface area contributed by atoms with Crippen LogP contribution in [0.1, 0.15) is 26.5 Å². The molecule has 1 heterocycles. The number of rotatable bonds is 5. The first-order valence-corrected chi connectivity index (χ1v) is 6.22. The van der Waals surface area contributed by atoms with Crippen molar-refractivity contribution >= 4 is 16.5 Å². The molecule has 0 saturated carbocycles. The van der Waals surface area contributed by atoms with Crippen molar-refractivity contribution in [2.75, 3.05) is 25.0 Å². The summed E-state index contributed by atoms with van der Waals surface area (Å²) in [6.45, 7) is 8.13. The molecule has 0 spiro atoms. The number of thiazole rings is 1. The fraction of sp³-hybridized carbons (Fsp3) is 0.727. The topological polar surface area (TPSA) is 42.1 Å². The van der Waals surface area contributed by atoms with Crippen LogP contribution in [0.3, 0.4) is 0 Å². The van der Waals surface area contributed by atoms with Gasteiger partial charge in [0.2, 0.25) is 0 Å². The molecule has 0 aromatic carbocycles. The van der Waals surface area contributed by atoms with E-state index in [9.17, 15) is 0 Å². The molecule has 0 aliphatic rings. The maximum Gasteiger partial charge on any atom is 0.185 e. The minimum absolute atomic E-state index is 0.146. The molecule has 4 heteroatoms. The average Bonchev–Trinajstić information content (AvgIpc) is 2.65. The molecule has 2 N–H and O–H groups in total. The molecular formula is C11H21N3S. The first-order valence-electron chi connectivity index (χ1n) is 5.34. The number of nitrogens with zero attached hydrogens (tertiary/aromatic N) is 2. The number of anilines is 1.